The molecule has 1 aromatic carbocycles. The first kappa shape index (κ1) is 31.6. The van der Waals surface area contributed by atoms with Gasteiger partial charge in [-0.2, -0.15) is 8.42 Å². The maximum absolute atomic E-state index is 12.2. The number of amides is 2. The van der Waals surface area contributed by atoms with E-state index in [1.807, 2.05) is 19.9 Å². The van der Waals surface area contributed by atoms with Crippen LogP contribution in [-0.2, 0) is 37.1 Å². The summed E-state index contributed by atoms with van der Waals surface area (Å²) in [6, 6.07) is 7.82. The van der Waals surface area contributed by atoms with E-state index in [1.54, 1.807) is 39.9 Å². The first-order valence-electron chi connectivity index (χ1n) is 13.1. The smallest absolute Gasteiger partial charge is 0.362 e. The lowest BCUT2D eigenvalue weighted by atomic mass is 9.89. The van der Waals surface area contributed by atoms with E-state index in [9.17, 15) is 28.2 Å². The Kier molecular flexibility index (Phi) is 11.5. The summed E-state index contributed by atoms with van der Waals surface area (Å²) in [5.74, 6) is -1.41. The van der Waals surface area contributed by atoms with Crippen LogP contribution >= 0.6 is 0 Å². The fraction of sp³-hybridized carbons (Fsp3) is 0.600. The lowest BCUT2D eigenvalue weighted by Gasteiger charge is -2.37. The highest BCUT2D eigenvalue weighted by Crippen LogP contribution is 2.25. The van der Waals surface area contributed by atoms with Crippen LogP contribution in [0.25, 0.3) is 0 Å². The monoisotopic (exact) mass is 582 g/mol. The Labute approximate surface area is 233 Å². The first-order chi connectivity index (χ1) is 18.9. The van der Waals surface area contributed by atoms with E-state index in [2.05, 4.69) is 15.6 Å². The Hall–Kier alpha value is -2.95. The molecule has 1 aliphatic rings. The number of aliphatic hydroxyl groups excluding tert-OH is 2. The maximum atomic E-state index is 12.2. The number of nitrogens with one attached hydrogen (secondary N) is 2. The van der Waals surface area contributed by atoms with Gasteiger partial charge in [-0.05, 0) is 37.3 Å². The van der Waals surface area contributed by atoms with Crippen molar-refractivity contribution in [3.05, 3.63) is 47.8 Å². The van der Waals surface area contributed by atoms with E-state index >= 15 is 0 Å². The van der Waals surface area contributed by atoms with Crippen molar-refractivity contribution in [1.82, 2.24) is 25.0 Å². The molecule has 1 aromatic heterocycles. The number of aliphatic hydroxyl groups is 2. The average Bonchev–Trinajstić information content (AvgIpc) is 3.36. The van der Waals surface area contributed by atoms with Gasteiger partial charge in [-0.3, -0.25) is 18.5 Å². The number of carbonyl (C=O) groups excluding carboxylic acids is 2. The molecular formula is C25H38N6O8S. The molecule has 0 radical (unpaired) electrons. The highest BCUT2D eigenvalue weighted by molar-refractivity contribution is 7.85. The number of hydrogen-bond acceptors (Lipinski definition) is 11. The van der Waals surface area contributed by atoms with Crippen molar-refractivity contribution in [2.75, 3.05) is 13.2 Å². The van der Waals surface area contributed by atoms with E-state index in [4.69, 9.17) is 14.7 Å². The second-order valence-corrected chi connectivity index (χ2v) is 11.6. The van der Waals surface area contributed by atoms with E-state index < -0.39 is 53.1 Å². The molecule has 5 atom stereocenters. The summed E-state index contributed by atoms with van der Waals surface area (Å²) < 4.78 is 37.9. The summed E-state index contributed by atoms with van der Waals surface area (Å²) in [7, 11) is -4.47. The second kappa shape index (κ2) is 14.6. The second-order valence-electron chi connectivity index (χ2n) is 10.2. The molecule has 0 saturated carbocycles. The van der Waals surface area contributed by atoms with Gasteiger partial charge in [-0.25, -0.2) is 4.72 Å². The highest BCUT2D eigenvalue weighted by atomic mass is 32.2. The predicted molar refractivity (Wildman–Crippen MR) is 143 cm³/mol. The minimum atomic E-state index is -4.47. The average molecular weight is 583 g/mol. The Balaban J connectivity index is 1.38. The number of hydrogen-bond donors (Lipinski definition) is 5. The summed E-state index contributed by atoms with van der Waals surface area (Å²) in [6.45, 7) is 3.90. The minimum Gasteiger partial charge on any atom is -0.390 e. The number of aryl methyl sites for hydroxylation is 1. The number of nitrogens with zero attached hydrogens (tertiary/aromatic N) is 3. The number of ether oxygens (including phenoxy) is 1. The molecule has 1 fully saturated rings. The number of nitrogens with two attached hydrogens (primary N) is 1. The molecule has 14 nitrogen and oxygen atoms in total. The van der Waals surface area contributed by atoms with E-state index in [1.165, 1.54) is 0 Å². The maximum Gasteiger partial charge on any atom is 0.362 e. The third-order valence-corrected chi connectivity index (χ3v) is 7.33. The molecule has 0 spiro atoms. The van der Waals surface area contributed by atoms with Gasteiger partial charge in [0.05, 0.1) is 38.1 Å². The molecule has 40 heavy (non-hydrogen) atoms. The highest BCUT2D eigenvalue weighted by Gasteiger charge is 2.39. The third-order valence-electron chi connectivity index (χ3n) is 6.43. The molecule has 0 aliphatic carbocycles. The molecule has 2 heterocycles. The number of carbonyl (C=O) groups is 2. The van der Waals surface area contributed by atoms with Crippen LogP contribution in [0.15, 0.2) is 36.5 Å². The third kappa shape index (κ3) is 9.60. The SMILES string of the molecule is CC(C)C[C@H](N)C(=O)NS(=O)(=O)OC[C@H]1OC[C@@H](CCCn2cc(CNC(=O)c3ccccc3)nn2)[C@H](O)[C@@H]1O. The van der Waals surface area contributed by atoms with Crippen LogP contribution in [0.1, 0.15) is 49.2 Å². The first-order valence-corrected chi connectivity index (χ1v) is 14.5. The van der Waals surface area contributed by atoms with Gasteiger partial charge in [-0.1, -0.05) is 37.3 Å². The summed E-state index contributed by atoms with van der Waals surface area (Å²) in [4.78, 5) is 24.1. The largest absolute Gasteiger partial charge is 0.390 e. The van der Waals surface area contributed by atoms with Gasteiger partial charge in [-0.15, -0.1) is 5.10 Å². The van der Waals surface area contributed by atoms with Crippen molar-refractivity contribution in [3.8, 4) is 0 Å². The molecule has 2 amide bonds. The van der Waals surface area contributed by atoms with Gasteiger partial charge in [0.25, 0.3) is 11.8 Å². The van der Waals surface area contributed by atoms with E-state index in [0.29, 0.717) is 37.1 Å². The molecule has 0 unspecified atom stereocenters. The lowest BCUT2D eigenvalue weighted by molar-refractivity contribution is -0.173. The van der Waals surface area contributed by atoms with Crippen LogP contribution in [0.3, 0.4) is 0 Å². The van der Waals surface area contributed by atoms with Crippen LogP contribution in [0, 0.1) is 11.8 Å². The Morgan fingerprint density at radius 1 is 1.23 bits per heavy atom. The van der Waals surface area contributed by atoms with Gasteiger partial charge in [0, 0.05) is 18.0 Å². The topological polar surface area (TPSA) is 208 Å². The zero-order valence-corrected chi connectivity index (χ0v) is 23.4. The summed E-state index contributed by atoms with van der Waals surface area (Å²) in [5, 5.41) is 31.9. The van der Waals surface area contributed by atoms with Crippen molar-refractivity contribution >= 4 is 22.1 Å². The summed E-state index contributed by atoms with van der Waals surface area (Å²) >= 11 is 0. The standard InChI is InChI=1S/C25H38N6O8S/c1-16(2)11-20(26)25(35)29-40(36,37)39-15-21-23(33)22(32)18(14-38-21)9-6-10-31-13-19(28-30-31)12-27-24(34)17-7-4-3-5-8-17/h3-5,7-8,13,16,18,20-23,32-33H,6,9-12,14-15,26H2,1-2H3,(H,27,34)(H,29,35)/t18-,20+,21-,22+,23-/m1/s1. The molecule has 15 heteroatoms. The molecule has 2 aromatic rings. The van der Waals surface area contributed by atoms with Gasteiger partial charge >= 0.3 is 10.3 Å². The zero-order valence-electron chi connectivity index (χ0n) is 22.5. The van der Waals surface area contributed by atoms with Crippen molar-refractivity contribution in [2.24, 2.45) is 17.6 Å². The summed E-state index contributed by atoms with van der Waals surface area (Å²) in [6.07, 6.45) is -0.562. The van der Waals surface area contributed by atoms with Gasteiger partial charge < -0.3 is 26.0 Å². The predicted octanol–water partition coefficient (Wildman–Crippen LogP) is -0.524. The Morgan fingerprint density at radius 2 is 1.95 bits per heavy atom. The van der Waals surface area contributed by atoms with Crippen LogP contribution in [0.4, 0.5) is 0 Å². The van der Waals surface area contributed by atoms with E-state index in [-0.39, 0.29) is 25.0 Å². The van der Waals surface area contributed by atoms with Gasteiger partial charge in [0.1, 0.15) is 17.9 Å². The summed E-state index contributed by atoms with van der Waals surface area (Å²) in [5.41, 5.74) is 6.83. The molecular weight excluding hydrogens is 544 g/mol. The molecule has 1 aliphatic heterocycles. The Morgan fingerprint density at radius 3 is 2.65 bits per heavy atom. The van der Waals surface area contributed by atoms with Gasteiger partial charge in [0.2, 0.25) is 0 Å². The molecule has 0 bridgehead atoms. The Bertz CT molecular complexity index is 1210. The van der Waals surface area contributed by atoms with E-state index in [0.717, 1.165) is 0 Å². The molecule has 3 rings (SSSR count). The van der Waals surface area contributed by atoms with Gasteiger partial charge in [0.15, 0.2) is 0 Å². The normalized spacial score (nSPS) is 22.1. The minimum absolute atomic E-state index is 0.0754. The van der Waals surface area contributed by atoms with Crippen molar-refractivity contribution in [2.45, 2.75) is 70.6 Å². The van der Waals surface area contributed by atoms with Crippen LogP contribution < -0.4 is 15.8 Å². The van der Waals surface area contributed by atoms with Crippen molar-refractivity contribution in [1.29, 1.82) is 0 Å². The molecule has 222 valence electrons. The molecule has 1 saturated heterocycles. The molecule has 6 N–H and O–H groups in total. The van der Waals surface area contributed by atoms with Crippen LogP contribution in [-0.4, -0.2) is 83.0 Å². The van der Waals surface area contributed by atoms with Crippen LogP contribution in [0.5, 0.6) is 0 Å². The van der Waals surface area contributed by atoms with Crippen LogP contribution in [0.2, 0.25) is 0 Å². The quantitative estimate of drug-likeness (QED) is 0.191. The van der Waals surface area contributed by atoms with Crippen molar-refractivity contribution in [3.63, 3.8) is 0 Å². The number of benzene rings is 1. The zero-order chi connectivity index (χ0) is 29.3. The van der Waals surface area contributed by atoms with Crippen molar-refractivity contribution < 1.29 is 37.1 Å². The fourth-order valence-electron chi connectivity index (χ4n) is 4.25. The lowest BCUT2D eigenvalue weighted by Crippen LogP contribution is -2.52. The number of rotatable bonds is 14. The number of aromatic nitrogens is 3. The fourth-order valence-corrected chi connectivity index (χ4v) is 5.02.